The summed E-state index contributed by atoms with van der Waals surface area (Å²) in [6.07, 6.45) is -2.27. The van der Waals surface area contributed by atoms with Crippen molar-refractivity contribution in [1.29, 1.82) is 0 Å². The quantitative estimate of drug-likeness (QED) is 0.803. The van der Waals surface area contributed by atoms with Gasteiger partial charge in [-0.25, -0.2) is 9.97 Å². The molecular formula is C7H6F3IN2O. The molecule has 78 valence electrons. The van der Waals surface area contributed by atoms with Crippen LogP contribution in [0.25, 0.3) is 0 Å². The highest BCUT2D eigenvalue weighted by molar-refractivity contribution is 14.1. The molecule has 0 radical (unpaired) electrons. The molecule has 0 fully saturated rings. The van der Waals surface area contributed by atoms with Crippen LogP contribution in [0.2, 0.25) is 0 Å². The largest absolute Gasteiger partial charge is 0.463 e. The number of aromatic nitrogens is 2. The monoisotopic (exact) mass is 318 g/mol. The third-order valence-electron chi connectivity index (χ3n) is 1.21. The zero-order chi connectivity index (χ0) is 10.6. The van der Waals surface area contributed by atoms with Crippen molar-refractivity contribution in [2.75, 3.05) is 6.61 Å². The van der Waals surface area contributed by atoms with Gasteiger partial charge in [-0.1, -0.05) is 0 Å². The molecule has 0 amide bonds. The Hall–Kier alpha value is -0.600. The predicted octanol–water partition coefficient (Wildman–Crippen LogP) is 2.41. The van der Waals surface area contributed by atoms with Crippen molar-refractivity contribution < 1.29 is 17.9 Å². The first-order valence-corrected chi connectivity index (χ1v) is 4.72. The first kappa shape index (κ1) is 11.5. The third-order valence-corrected chi connectivity index (χ3v) is 1.77. The Morgan fingerprint density at radius 3 is 2.36 bits per heavy atom. The molecule has 1 aromatic heterocycles. The van der Waals surface area contributed by atoms with E-state index in [0.29, 0.717) is 0 Å². The number of rotatable bonds is 3. The first-order valence-electron chi connectivity index (χ1n) is 3.64. The van der Waals surface area contributed by atoms with Gasteiger partial charge in [0.1, 0.15) is 6.61 Å². The van der Waals surface area contributed by atoms with Gasteiger partial charge in [0.15, 0.2) is 0 Å². The van der Waals surface area contributed by atoms with Crippen molar-refractivity contribution in [3.8, 4) is 6.01 Å². The summed E-state index contributed by atoms with van der Waals surface area (Å²) in [6.45, 7) is -0.454. The standard InChI is InChI=1S/C7H6F3IN2O/c8-7(9,10)1-2-14-6-12-3-5(11)4-13-6/h3-4H,1-2H2. The number of hydrogen-bond donors (Lipinski definition) is 0. The molecule has 7 heteroatoms. The highest BCUT2D eigenvalue weighted by Crippen LogP contribution is 2.19. The third kappa shape index (κ3) is 4.58. The molecular weight excluding hydrogens is 312 g/mol. The fraction of sp³-hybridized carbons (Fsp3) is 0.429. The Labute approximate surface area is 91.8 Å². The van der Waals surface area contributed by atoms with Gasteiger partial charge in [0.2, 0.25) is 0 Å². The van der Waals surface area contributed by atoms with E-state index >= 15 is 0 Å². The summed E-state index contributed by atoms with van der Waals surface area (Å²) in [5.74, 6) is 0. The number of alkyl halides is 3. The molecule has 0 N–H and O–H groups in total. The van der Waals surface area contributed by atoms with Crippen molar-refractivity contribution in [2.45, 2.75) is 12.6 Å². The second kappa shape index (κ2) is 4.76. The Balaban J connectivity index is 2.35. The summed E-state index contributed by atoms with van der Waals surface area (Å²) in [5.41, 5.74) is 0. The van der Waals surface area contributed by atoms with Crippen molar-refractivity contribution >= 4 is 22.6 Å². The first-order chi connectivity index (χ1) is 6.47. The van der Waals surface area contributed by atoms with Gasteiger partial charge in [-0.05, 0) is 22.6 Å². The molecule has 0 aliphatic rings. The van der Waals surface area contributed by atoms with Crippen LogP contribution in [0.15, 0.2) is 12.4 Å². The molecule has 0 unspecified atom stereocenters. The van der Waals surface area contributed by atoms with Gasteiger partial charge in [-0.3, -0.25) is 0 Å². The number of hydrogen-bond acceptors (Lipinski definition) is 3. The summed E-state index contributed by atoms with van der Waals surface area (Å²) in [7, 11) is 0. The number of nitrogens with zero attached hydrogens (tertiary/aromatic N) is 2. The molecule has 0 aliphatic heterocycles. The Morgan fingerprint density at radius 2 is 1.86 bits per heavy atom. The van der Waals surface area contributed by atoms with Crippen molar-refractivity contribution in [3.63, 3.8) is 0 Å². The molecule has 0 aromatic carbocycles. The maximum absolute atomic E-state index is 11.7. The normalized spacial score (nSPS) is 11.4. The molecule has 0 saturated heterocycles. The van der Waals surface area contributed by atoms with Crippen LogP contribution in [-0.4, -0.2) is 22.8 Å². The van der Waals surface area contributed by atoms with Crippen molar-refractivity contribution in [3.05, 3.63) is 16.0 Å². The van der Waals surface area contributed by atoms with Gasteiger partial charge in [0.05, 0.1) is 6.42 Å². The zero-order valence-corrected chi connectivity index (χ0v) is 9.04. The molecule has 0 saturated carbocycles. The Morgan fingerprint density at radius 1 is 1.29 bits per heavy atom. The molecule has 0 spiro atoms. The summed E-state index contributed by atoms with van der Waals surface area (Å²) < 4.78 is 40.6. The van der Waals surface area contributed by atoms with E-state index in [-0.39, 0.29) is 6.01 Å². The predicted molar refractivity (Wildman–Crippen MR) is 50.9 cm³/mol. The van der Waals surface area contributed by atoms with E-state index in [0.717, 1.165) is 3.57 Å². The lowest BCUT2D eigenvalue weighted by Crippen LogP contribution is -2.13. The van der Waals surface area contributed by atoms with Crippen molar-refractivity contribution in [2.24, 2.45) is 0 Å². The van der Waals surface area contributed by atoms with Gasteiger partial charge in [0, 0.05) is 16.0 Å². The fourth-order valence-corrected chi connectivity index (χ4v) is 0.912. The molecule has 1 heterocycles. The number of halogens is 4. The van der Waals surface area contributed by atoms with Gasteiger partial charge in [-0.15, -0.1) is 0 Å². The van der Waals surface area contributed by atoms with E-state index in [1.807, 2.05) is 22.6 Å². The minimum Gasteiger partial charge on any atom is -0.463 e. The lowest BCUT2D eigenvalue weighted by atomic mass is 10.4. The summed E-state index contributed by atoms with van der Waals surface area (Å²) >= 11 is 1.99. The van der Waals surface area contributed by atoms with Crippen LogP contribution in [0.1, 0.15) is 6.42 Å². The van der Waals surface area contributed by atoms with Gasteiger partial charge < -0.3 is 4.74 Å². The zero-order valence-electron chi connectivity index (χ0n) is 6.88. The van der Waals surface area contributed by atoms with E-state index in [9.17, 15) is 13.2 Å². The van der Waals surface area contributed by atoms with E-state index in [1.165, 1.54) is 12.4 Å². The van der Waals surface area contributed by atoms with Crippen LogP contribution < -0.4 is 4.74 Å². The average molecular weight is 318 g/mol. The summed E-state index contributed by atoms with van der Waals surface area (Å²) in [4.78, 5) is 7.38. The lowest BCUT2D eigenvalue weighted by molar-refractivity contribution is -0.139. The minimum absolute atomic E-state index is 0.0327. The Kier molecular flexibility index (Phi) is 3.90. The lowest BCUT2D eigenvalue weighted by Gasteiger charge is -2.06. The van der Waals surface area contributed by atoms with E-state index in [2.05, 4.69) is 9.97 Å². The second-order valence-electron chi connectivity index (χ2n) is 2.40. The van der Waals surface area contributed by atoms with Gasteiger partial charge in [-0.2, -0.15) is 13.2 Å². The van der Waals surface area contributed by atoms with Crippen LogP contribution >= 0.6 is 22.6 Å². The van der Waals surface area contributed by atoms with Crippen LogP contribution in [0.5, 0.6) is 6.01 Å². The van der Waals surface area contributed by atoms with Gasteiger partial charge >= 0.3 is 12.2 Å². The van der Waals surface area contributed by atoms with E-state index < -0.39 is 19.2 Å². The van der Waals surface area contributed by atoms with E-state index in [1.54, 1.807) is 0 Å². The Bertz CT molecular complexity index is 288. The maximum atomic E-state index is 11.7. The van der Waals surface area contributed by atoms with Crippen LogP contribution in [-0.2, 0) is 0 Å². The van der Waals surface area contributed by atoms with Crippen LogP contribution in [0.4, 0.5) is 13.2 Å². The highest BCUT2D eigenvalue weighted by Gasteiger charge is 2.26. The SMILES string of the molecule is FC(F)(F)CCOc1ncc(I)cn1. The number of ether oxygens (including phenoxy) is 1. The van der Waals surface area contributed by atoms with E-state index in [4.69, 9.17) is 4.74 Å². The summed E-state index contributed by atoms with van der Waals surface area (Å²) in [5, 5.41) is 0. The molecule has 0 aliphatic carbocycles. The average Bonchev–Trinajstić information content (AvgIpc) is 2.06. The summed E-state index contributed by atoms with van der Waals surface area (Å²) in [6, 6.07) is -0.0327. The smallest absolute Gasteiger partial charge is 0.392 e. The highest BCUT2D eigenvalue weighted by atomic mass is 127. The molecule has 0 bridgehead atoms. The molecule has 14 heavy (non-hydrogen) atoms. The minimum atomic E-state index is -4.21. The van der Waals surface area contributed by atoms with Crippen molar-refractivity contribution in [1.82, 2.24) is 9.97 Å². The van der Waals surface area contributed by atoms with Crippen LogP contribution in [0.3, 0.4) is 0 Å². The van der Waals surface area contributed by atoms with Crippen LogP contribution in [0, 0.1) is 3.57 Å². The molecule has 1 aromatic rings. The topological polar surface area (TPSA) is 35.0 Å². The molecule has 0 atom stereocenters. The fourth-order valence-electron chi connectivity index (χ4n) is 0.633. The van der Waals surface area contributed by atoms with Gasteiger partial charge in [0.25, 0.3) is 0 Å². The molecule has 3 nitrogen and oxygen atoms in total. The maximum Gasteiger partial charge on any atom is 0.392 e. The molecule has 1 rings (SSSR count). The second-order valence-corrected chi connectivity index (χ2v) is 3.64.